The molecule has 2 aliphatic carbocycles. The molecule has 0 saturated carbocycles. The Morgan fingerprint density at radius 2 is 1.68 bits per heavy atom. The number of hydrogen-bond acceptors (Lipinski definition) is 5. The van der Waals surface area contributed by atoms with Gasteiger partial charge in [0.15, 0.2) is 11.6 Å². The molecule has 0 unspecified atom stereocenters. The van der Waals surface area contributed by atoms with Gasteiger partial charge >= 0.3 is 5.97 Å². The van der Waals surface area contributed by atoms with Crippen molar-refractivity contribution in [3.05, 3.63) is 51.9 Å². The number of benzene rings is 1. The number of rotatable bonds is 4. The summed E-state index contributed by atoms with van der Waals surface area (Å²) in [4.78, 5) is 37.4. The van der Waals surface area contributed by atoms with Crippen LogP contribution in [0.5, 0.6) is 5.75 Å². The molecular formula is C22H23NO5. The molecule has 6 nitrogen and oxygen atoms in total. The van der Waals surface area contributed by atoms with Crippen molar-refractivity contribution in [3.63, 3.8) is 0 Å². The van der Waals surface area contributed by atoms with Crippen LogP contribution >= 0.6 is 0 Å². The highest BCUT2D eigenvalue weighted by Crippen LogP contribution is 2.47. The quantitative estimate of drug-likeness (QED) is 0.829. The van der Waals surface area contributed by atoms with Crippen molar-refractivity contribution in [2.24, 2.45) is 0 Å². The molecule has 0 radical (unpaired) electrons. The molecule has 0 spiro atoms. The summed E-state index contributed by atoms with van der Waals surface area (Å²) in [5.41, 5.74) is 3.66. The Labute approximate surface area is 163 Å². The standard InChI is InChI=1S/C22H23NO5/c1-2-28-18-10-9-12(22(26)27)11-13(18)19-20-14(5-3-7-16(20)24)23-15-6-4-8-17(25)21(15)19/h9-11,19,23H,2-8H2,1H3,(H,26,27). The summed E-state index contributed by atoms with van der Waals surface area (Å²) < 4.78 is 5.77. The van der Waals surface area contributed by atoms with Gasteiger partial charge in [-0.25, -0.2) is 4.79 Å². The largest absolute Gasteiger partial charge is 0.494 e. The van der Waals surface area contributed by atoms with E-state index in [1.54, 1.807) is 12.1 Å². The lowest BCUT2D eigenvalue weighted by molar-refractivity contribution is -0.117. The van der Waals surface area contributed by atoms with Crippen LogP contribution in [0.15, 0.2) is 40.7 Å². The topological polar surface area (TPSA) is 92.7 Å². The van der Waals surface area contributed by atoms with Gasteiger partial charge in [0, 0.05) is 46.9 Å². The fourth-order valence-electron chi connectivity index (χ4n) is 4.49. The van der Waals surface area contributed by atoms with Crippen LogP contribution in [0.25, 0.3) is 0 Å². The molecule has 1 aromatic carbocycles. The summed E-state index contributed by atoms with van der Waals surface area (Å²) in [6.07, 6.45) is 3.95. The predicted molar refractivity (Wildman–Crippen MR) is 102 cm³/mol. The van der Waals surface area contributed by atoms with Gasteiger partial charge < -0.3 is 15.2 Å². The highest BCUT2D eigenvalue weighted by Gasteiger charge is 2.41. The third kappa shape index (κ3) is 3.03. The Morgan fingerprint density at radius 3 is 2.21 bits per heavy atom. The zero-order chi connectivity index (χ0) is 19.8. The van der Waals surface area contributed by atoms with Crippen molar-refractivity contribution in [1.82, 2.24) is 5.32 Å². The van der Waals surface area contributed by atoms with E-state index >= 15 is 0 Å². The minimum absolute atomic E-state index is 0.0202. The van der Waals surface area contributed by atoms with Crippen LogP contribution in [-0.4, -0.2) is 29.2 Å². The van der Waals surface area contributed by atoms with Crippen LogP contribution in [0.3, 0.4) is 0 Å². The van der Waals surface area contributed by atoms with Gasteiger partial charge in [-0.3, -0.25) is 9.59 Å². The molecule has 28 heavy (non-hydrogen) atoms. The second-order valence-corrected chi connectivity index (χ2v) is 7.39. The lowest BCUT2D eigenvalue weighted by atomic mass is 9.71. The number of nitrogens with one attached hydrogen (secondary N) is 1. The number of carbonyl (C=O) groups excluding carboxylic acids is 2. The second kappa shape index (κ2) is 7.26. The first-order valence-corrected chi connectivity index (χ1v) is 9.80. The molecule has 1 aromatic rings. The number of ketones is 2. The minimum Gasteiger partial charge on any atom is -0.494 e. The zero-order valence-electron chi connectivity index (χ0n) is 15.8. The molecular weight excluding hydrogens is 358 g/mol. The van der Waals surface area contributed by atoms with E-state index in [0.29, 0.717) is 41.9 Å². The highest BCUT2D eigenvalue weighted by molar-refractivity contribution is 6.06. The van der Waals surface area contributed by atoms with Gasteiger partial charge in [-0.05, 0) is 50.8 Å². The van der Waals surface area contributed by atoms with E-state index in [-0.39, 0.29) is 17.1 Å². The van der Waals surface area contributed by atoms with Crippen molar-refractivity contribution < 1.29 is 24.2 Å². The zero-order valence-corrected chi connectivity index (χ0v) is 15.8. The number of carboxylic acids is 1. The average Bonchev–Trinajstić information content (AvgIpc) is 2.67. The number of hydrogen-bond donors (Lipinski definition) is 2. The van der Waals surface area contributed by atoms with Gasteiger partial charge in [0.05, 0.1) is 12.2 Å². The van der Waals surface area contributed by atoms with E-state index in [1.165, 1.54) is 6.07 Å². The van der Waals surface area contributed by atoms with Crippen molar-refractivity contribution in [2.45, 2.75) is 51.4 Å². The van der Waals surface area contributed by atoms with Crippen LogP contribution in [-0.2, 0) is 9.59 Å². The number of dihydropyridines is 1. The van der Waals surface area contributed by atoms with E-state index in [0.717, 1.165) is 37.1 Å². The Morgan fingerprint density at radius 1 is 1.07 bits per heavy atom. The van der Waals surface area contributed by atoms with Crippen LogP contribution in [0.2, 0.25) is 0 Å². The van der Waals surface area contributed by atoms with Crippen molar-refractivity contribution in [2.75, 3.05) is 6.61 Å². The molecule has 0 saturated heterocycles. The lowest BCUT2D eigenvalue weighted by Crippen LogP contribution is -2.36. The molecule has 0 fully saturated rings. The normalized spacial score (nSPS) is 19.9. The molecule has 0 bridgehead atoms. The molecule has 0 aromatic heterocycles. The third-order valence-electron chi connectivity index (χ3n) is 5.66. The molecule has 4 rings (SSSR count). The van der Waals surface area contributed by atoms with Gasteiger partial charge in [-0.1, -0.05) is 0 Å². The first kappa shape index (κ1) is 18.5. The minimum atomic E-state index is -1.05. The van der Waals surface area contributed by atoms with Gasteiger partial charge in [0.25, 0.3) is 0 Å². The average molecular weight is 381 g/mol. The number of carbonyl (C=O) groups is 3. The second-order valence-electron chi connectivity index (χ2n) is 7.39. The van der Waals surface area contributed by atoms with E-state index < -0.39 is 11.9 Å². The molecule has 3 aliphatic rings. The number of aromatic carboxylic acids is 1. The van der Waals surface area contributed by atoms with Crippen molar-refractivity contribution in [1.29, 1.82) is 0 Å². The first-order valence-electron chi connectivity index (χ1n) is 9.80. The Balaban J connectivity index is 1.96. The van der Waals surface area contributed by atoms with E-state index in [2.05, 4.69) is 5.32 Å². The number of Topliss-reactive ketones (excluding diaryl/α,β-unsaturated/α-hetero) is 2. The fourth-order valence-corrected chi connectivity index (χ4v) is 4.49. The molecule has 1 heterocycles. The molecule has 0 amide bonds. The number of ether oxygens (including phenoxy) is 1. The maximum absolute atomic E-state index is 12.9. The van der Waals surface area contributed by atoms with Crippen molar-refractivity contribution >= 4 is 17.5 Å². The maximum Gasteiger partial charge on any atom is 0.335 e. The molecule has 0 atom stereocenters. The number of allylic oxidation sites excluding steroid dienone is 4. The predicted octanol–water partition coefficient (Wildman–Crippen LogP) is 3.48. The monoisotopic (exact) mass is 381 g/mol. The Kier molecular flexibility index (Phi) is 4.79. The van der Waals surface area contributed by atoms with Gasteiger partial charge in [-0.15, -0.1) is 0 Å². The molecule has 1 aliphatic heterocycles. The molecule has 2 N–H and O–H groups in total. The first-order chi connectivity index (χ1) is 13.5. The smallest absolute Gasteiger partial charge is 0.335 e. The number of carboxylic acid groups (broad SMARTS) is 1. The maximum atomic E-state index is 12.9. The van der Waals surface area contributed by atoms with Crippen LogP contribution in [0.4, 0.5) is 0 Å². The highest BCUT2D eigenvalue weighted by atomic mass is 16.5. The molecule has 6 heteroatoms. The fraction of sp³-hybridized carbons (Fsp3) is 0.409. The van der Waals surface area contributed by atoms with Crippen LogP contribution in [0, 0.1) is 0 Å². The van der Waals surface area contributed by atoms with Gasteiger partial charge in [-0.2, -0.15) is 0 Å². The van der Waals surface area contributed by atoms with E-state index in [4.69, 9.17) is 4.74 Å². The summed E-state index contributed by atoms with van der Waals surface area (Å²) >= 11 is 0. The van der Waals surface area contributed by atoms with E-state index in [9.17, 15) is 19.5 Å². The van der Waals surface area contributed by atoms with Gasteiger partial charge in [0.2, 0.25) is 0 Å². The van der Waals surface area contributed by atoms with Crippen LogP contribution < -0.4 is 10.1 Å². The summed E-state index contributed by atoms with van der Waals surface area (Å²) in [6.45, 7) is 2.26. The van der Waals surface area contributed by atoms with Gasteiger partial charge in [0.1, 0.15) is 5.75 Å². The third-order valence-corrected chi connectivity index (χ3v) is 5.66. The molecule has 146 valence electrons. The van der Waals surface area contributed by atoms with E-state index in [1.807, 2.05) is 6.92 Å². The van der Waals surface area contributed by atoms with Crippen LogP contribution in [0.1, 0.15) is 67.3 Å². The Hall–Kier alpha value is -2.89. The summed E-state index contributed by atoms with van der Waals surface area (Å²) in [5.74, 6) is -1.05. The lowest BCUT2D eigenvalue weighted by Gasteiger charge is -2.37. The summed E-state index contributed by atoms with van der Waals surface area (Å²) in [6, 6.07) is 4.68. The van der Waals surface area contributed by atoms with Crippen molar-refractivity contribution in [3.8, 4) is 5.75 Å². The SMILES string of the molecule is CCOc1ccc(C(=O)O)cc1C1C2=C(CCCC2=O)NC2=C1C(=O)CCC2. The Bertz CT molecular complexity index is 898. The summed E-state index contributed by atoms with van der Waals surface area (Å²) in [7, 11) is 0. The summed E-state index contributed by atoms with van der Waals surface area (Å²) in [5, 5.41) is 12.9.